The van der Waals surface area contributed by atoms with Gasteiger partial charge in [0.15, 0.2) is 9.84 Å². The number of methoxy groups -OCH3 is 1. The highest BCUT2D eigenvalue weighted by atomic mass is 35.5. The highest BCUT2D eigenvalue weighted by molar-refractivity contribution is 7.90. The maximum absolute atomic E-state index is 12.1. The molecule has 0 heterocycles. The van der Waals surface area contributed by atoms with Crippen LogP contribution in [0.2, 0.25) is 0 Å². The second-order valence-electron chi connectivity index (χ2n) is 5.66. The summed E-state index contributed by atoms with van der Waals surface area (Å²) in [5.74, 6) is 0.494. The number of rotatable bonds is 7. The summed E-state index contributed by atoms with van der Waals surface area (Å²) in [5, 5.41) is 2.91. The van der Waals surface area contributed by atoms with Gasteiger partial charge in [0.05, 0.1) is 18.0 Å². The standard InChI is InChI=1S/C18H22N2O4S.ClH/c1-24-15-8-6-13(7-9-15)18(20-17(21)10-11-19)14-4-3-5-16(12-14)25(2,22)23;/h3-9,12,18H,10-11,19H2,1-2H3,(H,20,21);1H. The van der Waals surface area contributed by atoms with Crippen LogP contribution in [0, 0.1) is 0 Å². The predicted molar refractivity (Wildman–Crippen MR) is 103 cm³/mol. The van der Waals surface area contributed by atoms with E-state index in [4.69, 9.17) is 10.5 Å². The number of amides is 1. The van der Waals surface area contributed by atoms with Gasteiger partial charge >= 0.3 is 0 Å². The lowest BCUT2D eigenvalue weighted by atomic mass is 9.98. The SMILES string of the molecule is COc1ccc(C(NC(=O)CCN)c2cccc(S(C)(=O)=O)c2)cc1.Cl. The number of ether oxygens (including phenoxy) is 1. The molecule has 0 aromatic heterocycles. The maximum Gasteiger partial charge on any atom is 0.222 e. The average molecular weight is 399 g/mol. The van der Waals surface area contributed by atoms with E-state index in [1.54, 1.807) is 37.4 Å². The van der Waals surface area contributed by atoms with Crippen LogP contribution in [0.3, 0.4) is 0 Å². The quantitative estimate of drug-likeness (QED) is 0.743. The molecule has 3 N–H and O–H groups in total. The molecule has 0 spiro atoms. The average Bonchev–Trinajstić information content (AvgIpc) is 2.59. The number of nitrogens with two attached hydrogens (primary N) is 1. The lowest BCUT2D eigenvalue weighted by Gasteiger charge is -2.20. The smallest absolute Gasteiger partial charge is 0.222 e. The predicted octanol–water partition coefficient (Wildman–Crippen LogP) is 2.07. The molecule has 2 aromatic carbocycles. The fourth-order valence-electron chi connectivity index (χ4n) is 2.44. The zero-order chi connectivity index (χ0) is 18.4. The summed E-state index contributed by atoms with van der Waals surface area (Å²) in [4.78, 5) is 12.3. The Balaban J connectivity index is 0.00000338. The molecule has 0 aliphatic rings. The van der Waals surface area contributed by atoms with Crippen molar-refractivity contribution >= 4 is 28.2 Å². The van der Waals surface area contributed by atoms with E-state index in [1.165, 1.54) is 6.07 Å². The lowest BCUT2D eigenvalue weighted by Crippen LogP contribution is -2.30. The zero-order valence-electron chi connectivity index (χ0n) is 14.6. The molecule has 6 nitrogen and oxygen atoms in total. The van der Waals surface area contributed by atoms with Gasteiger partial charge in [0.2, 0.25) is 5.91 Å². The first-order valence-corrected chi connectivity index (χ1v) is 9.67. The van der Waals surface area contributed by atoms with Crippen LogP contribution in [0.25, 0.3) is 0 Å². The molecule has 2 rings (SSSR count). The fraction of sp³-hybridized carbons (Fsp3) is 0.278. The first-order chi connectivity index (χ1) is 11.8. The number of carbonyl (C=O) groups excluding carboxylic acids is 1. The molecule has 26 heavy (non-hydrogen) atoms. The molecule has 1 unspecified atom stereocenters. The summed E-state index contributed by atoms with van der Waals surface area (Å²) in [6.45, 7) is 0.241. The number of nitrogens with one attached hydrogen (secondary N) is 1. The van der Waals surface area contributed by atoms with Crippen LogP contribution < -0.4 is 15.8 Å². The van der Waals surface area contributed by atoms with Crippen molar-refractivity contribution in [2.24, 2.45) is 5.73 Å². The number of benzene rings is 2. The van der Waals surface area contributed by atoms with Crippen LogP contribution in [0.5, 0.6) is 5.75 Å². The second kappa shape index (κ2) is 9.56. The van der Waals surface area contributed by atoms with Gasteiger partial charge in [0.1, 0.15) is 5.75 Å². The third-order valence-corrected chi connectivity index (χ3v) is 4.86. The third kappa shape index (κ3) is 5.72. The number of hydrogen-bond donors (Lipinski definition) is 2. The van der Waals surface area contributed by atoms with Crippen LogP contribution in [0.4, 0.5) is 0 Å². The van der Waals surface area contributed by atoms with Crippen LogP contribution in [0.15, 0.2) is 53.4 Å². The van der Waals surface area contributed by atoms with Crippen molar-refractivity contribution < 1.29 is 17.9 Å². The lowest BCUT2D eigenvalue weighted by molar-refractivity contribution is -0.121. The molecule has 1 amide bonds. The summed E-state index contributed by atoms with van der Waals surface area (Å²) < 4.78 is 28.8. The molecule has 1 atom stereocenters. The maximum atomic E-state index is 12.1. The number of halogens is 1. The monoisotopic (exact) mass is 398 g/mol. The van der Waals surface area contributed by atoms with Crippen molar-refractivity contribution in [1.29, 1.82) is 0 Å². The molecule has 142 valence electrons. The normalized spacial score (nSPS) is 12.0. The summed E-state index contributed by atoms with van der Waals surface area (Å²) in [6.07, 6.45) is 1.35. The Morgan fingerprint density at radius 3 is 2.35 bits per heavy atom. The van der Waals surface area contributed by atoms with E-state index < -0.39 is 15.9 Å². The number of carbonyl (C=O) groups is 1. The van der Waals surface area contributed by atoms with E-state index in [1.807, 2.05) is 12.1 Å². The van der Waals surface area contributed by atoms with E-state index >= 15 is 0 Å². The van der Waals surface area contributed by atoms with Gasteiger partial charge in [-0.05, 0) is 35.4 Å². The van der Waals surface area contributed by atoms with Gasteiger partial charge in [-0.15, -0.1) is 12.4 Å². The van der Waals surface area contributed by atoms with Gasteiger partial charge in [0, 0.05) is 19.2 Å². The minimum absolute atomic E-state index is 0. The van der Waals surface area contributed by atoms with Crippen LogP contribution in [0.1, 0.15) is 23.6 Å². The molecule has 0 aliphatic carbocycles. The van der Waals surface area contributed by atoms with Gasteiger partial charge in [-0.3, -0.25) is 4.79 Å². The van der Waals surface area contributed by atoms with E-state index in [-0.39, 0.29) is 36.2 Å². The van der Waals surface area contributed by atoms with Crippen molar-refractivity contribution in [3.63, 3.8) is 0 Å². The van der Waals surface area contributed by atoms with Crippen molar-refractivity contribution in [3.8, 4) is 5.75 Å². The summed E-state index contributed by atoms with van der Waals surface area (Å²) in [5.41, 5.74) is 6.94. The molecule has 8 heteroatoms. The summed E-state index contributed by atoms with van der Waals surface area (Å²) >= 11 is 0. The minimum Gasteiger partial charge on any atom is -0.497 e. The van der Waals surface area contributed by atoms with Gasteiger partial charge in [-0.25, -0.2) is 8.42 Å². The van der Waals surface area contributed by atoms with Gasteiger partial charge < -0.3 is 15.8 Å². The number of sulfone groups is 1. The van der Waals surface area contributed by atoms with Gasteiger partial charge in [-0.1, -0.05) is 24.3 Å². The van der Waals surface area contributed by atoms with E-state index in [9.17, 15) is 13.2 Å². The van der Waals surface area contributed by atoms with E-state index in [0.717, 1.165) is 11.8 Å². The second-order valence-corrected chi connectivity index (χ2v) is 7.67. The molecular weight excluding hydrogens is 376 g/mol. The van der Waals surface area contributed by atoms with Crippen molar-refractivity contribution in [3.05, 3.63) is 59.7 Å². The highest BCUT2D eigenvalue weighted by Crippen LogP contribution is 2.26. The number of hydrogen-bond acceptors (Lipinski definition) is 5. The molecule has 0 saturated heterocycles. The Morgan fingerprint density at radius 2 is 1.81 bits per heavy atom. The van der Waals surface area contributed by atoms with Crippen LogP contribution in [-0.4, -0.2) is 34.2 Å². The van der Waals surface area contributed by atoms with Gasteiger partial charge in [-0.2, -0.15) is 0 Å². The molecule has 2 aromatic rings. The molecule has 0 saturated carbocycles. The molecule has 0 bridgehead atoms. The molecular formula is C18H23ClN2O4S. The highest BCUT2D eigenvalue weighted by Gasteiger charge is 2.19. The molecule has 0 aliphatic heterocycles. The summed E-state index contributed by atoms with van der Waals surface area (Å²) in [6, 6.07) is 13.3. The zero-order valence-corrected chi connectivity index (χ0v) is 16.3. The summed E-state index contributed by atoms with van der Waals surface area (Å²) in [7, 11) is -1.77. The van der Waals surface area contributed by atoms with Crippen molar-refractivity contribution in [2.75, 3.05) is 19.9 Å². The van der Waals surface area contributed by atoms with Crippen LogP contribution >= 0.6 is 12.4 Å². The van der Waals surface area contributed by atoms with Crippen molar-refractivity contribution in [1.82, 2.24) is 5.32 Å². The minimum atomic E-state index is -3.34. The molecule has 0 fully saturated rings. The van der Waals surface area contributed by atoms with Crippen LogP contribution in [-0.2, 0) is 14.6 Å². The van der Waals surface area contributed by atoms with Gasteiger partial charge in [0.25, 0.3) is 0 Å². The van der Waals surface area contributed by atoms with Crippen molar-refractivity contribution in [2.45, 2.75) is 17.4 Å². The largest absolute Gasteiger partial charge is 0.497 e. The Kier molecular flexibility index (Phi) is 8.08. The first-order valence-electron chi connectivity index (χ1n) is 7.78. The van der Waals surface area contributed by atoms with E-state index in [2.05, 4.69) is 5.32 Å². The Hall–Kier alpha value is -2.09. The Bertz CT molecular complexity index is 839. The topological polar surface area (TPSA) is 98.5 Å². The van der Waals surface area contributed by atoms with E-state index in [0.29, 0.717) is 11.3 Å². The Morgan fingerprint density at radius 1 is 1.15 bits per heavy atom. The first kappa shape index (κ1) is 22.0. The third-order valence-electron chi connectivity index (χ3n) is 3.75. The molecule has 0 radical (unpaired) electrons. The fourth-order valence-corrected chi connectivity index (χ4v) is 3.12. The Labute approximate surface area is 160 Å².